The third-order valence-electron chi connectivity index (χ3n) is 9.03. The van der Waals surface area contributed by atoms with Crippen LogP contribution in [0.25, 0.3) is 0 Å². The Kier molecular flexibility index (Phi) is 3.27. The number of allylic oxidation sites excluding steroid dienone is 4. The van der Waals surface area contributed by atoms with Crippen LogP contribution in [0.5, 0.6) is 0 Å². The number of rotatable bonds is 0. The fourth-order valence-corrected chi connectivity index (χ4v) is 7.72. The molecule has 4 nitrogen and oxygen atoms in total. The highest BCUT2D eigenvalue weighted by Gasteiger charge is 2.78. The molecule has 27 heavy (non-hydrogen) atoms. The second kappa shape index (κ2) is 4.98. The van der Waals surface area contributed by atoms with Gasteiger partial charge in [-0.15, -0.1) is 0 Å². The maximum absolute atomic E-state index is 16.9. The first kappa shape index (κ1) is 17.7. The van der Waals surface area contributed by atoms with Gasteiger partial charge in [0.1, 0.15) is 12.2 Å². The lowest BCUT2D eigenvalue weighted by atomic mass is 9.44. The number of ether oxygens (including phenoxy) is 1. The summed E-state index contributed by atoms with van der Waals surface area (Å²) in [7, 11) is 0. The molecule has 1 spiro atoms. The fraction of sp³-hybridized carbons (Fsp3) is 0.727. The Morgan fingerprint density at radius 1 is 1.26 bits per heavy atom. The summed E-state index contributed by atoms with van der Waals surface area (Å²) in [6, 6.07) is 0. The molecule has 5 aliphatic rings. The van der Waals surface area contributed by atoms with Crippen LogP contribution in [-0.4, -0.2) is 40.7 Å². The summed E-state index contributed by atoms with van der Waals surface area (Å²) in [4.78, 5) is 24.5. The standard InChI is InChI=1S/C22H27FO4/c1-12-8-16-15-5-4-13-9-14(24)6-7-19(13,2)21(15,23)17(25)10-20(16,3)22(12)18(26)11-27-22/h6-7,9,12,15-17,25H,4-5,8,10-11H2,1-3H3/t12-,15?,16+,17+,19+,20+,21+,22+/m1/s1. The summed E-state index contributed by atoms with van der Waals surface area (Å²) in [6.45, 7) is 6.00. The minimum absolute atomic E-state index is 0.0189. The van der Waals surface area contributed by atoms with Gasteiger partial charge in [0.15, 0.2) is 17.2 Å². The van der Waals surface area contributed by atoms with Gasteiger partial charge in [-0.25, -0.2) is 4.39 Å². The summed E-state index contributed by atoms with van der Waals surface area (Å²) in [6.07, 6.45) is 5.65. The van der Waals surface area contributed by atoms with Crippen molar-refractivity contribution in [1.29, 1.82) is 0 Å². The van der Waals surface area contributed by atoms with Gasteiger partial charge < -0.3 is 9.84 Å². The van der Waals surface area contributed by atoms with Crippen LogP contribution in [-0.2, 0) is 14.3 Å². The summed E-state index contributed by atoms with van der Waals surface area (Å²) in [5, 5.41) is 11.2. The molecule has 0 aromatic rings. The monoisotopic (exact) mass is 374 g/mol. The Bertz CT molecular complexity index is 817. The molecular formula is C22H27FO4. The van der Waals surface area contributed by atoms with E-state index in [1.807, 2.05) is 20.8 Å². The molecule has 0 aromatic carbocycles. The summed E-state index contributed by atoms with van der Waals surface area (Å²) in [5.74, 6) is -0.359. The van der Waals surface area contributed by atoms with E-state index in [0.29, 0.717) is 12.8 Å². The lowest BCUT2D eigenvalue weighted by Crippen LogP contribution is -2.72. The molecule has 146 valence electrons. The molecule has 3 saturated carbocycles. The van der Waals surface area contributed by atoms with Crippen LogP contribution in [0.4, 0.5) is 4.39 Å². The summed E-state index contributed by atoms with van der Waals surface area (Å²) < 4.78 is 22.8. The maximum Gasteiger partial charge on any atom is 0.191 e. The molecule has 0 radical (unpaired) electrons. The highest BCUT2D eigenvalue weighted by Crippen LogP contribution is 2.72. The molecule has 1 unspecified atom stereocenters. The lowest BCUT2D eigenvalue weighted by Gasteiger charge is -2.64. The van der Waals surface area contributed by atoms with E-state index in [1.165, 1.54) is 6.08 Å². The van der Waals surface area contributed by atoms with Gasteiger partial charge in [0, 0.05) is 16.7 Å². The van der Waals surface area contributed by atoms with E-state index in [1.54, 1.807) is 12.2 Å². The number of fused-ring (bicyclic) bond motifs is 6. The summed E-state index contributed by atoms with van der Waals surface area (Å²) in [5.41, 5.74) is -3.44. The number of alkyl halides is 1. The molecule has 8 atom stereocenters. The second-order valence-corrected chi connectivity index (χ2v) is 9.85. The van der Waals surface area contributed by atoms with Crippen LogP contribution in [0.2, 0.25) is 0 Å². The number of halogens is 1. The Morgan fingerprint density at radius 2 is 2.00 bits per heavy atom. The molecule has 1 aliphatic heterocycles. The van der Waals surface area contributed by atoms with Crippen LogP contribution in [0.15, 0.2) is 23.8 Å². The van der Waals surface area contributed by atoms with Crippen LogP contribution in [0.3, 0.4) is 0 Å². The SMILES string of the molecule is C[C@@H]1C[C@H]2C3CCC4=CC(=O)C=C[C@]4(C)[C@@]3(F)[C@@H](O)C[C@]2(C)[C@]12OCC2=O. The van der Waals surface area contributed by atoms with Crippen LogP contribution in [0.1, 0.15) is 46.5 Å². The Balaban J connectivity index is 1.64. The molecule has 4 fully saturated rings. The van der Waals surface area contributed by atoms with Gasteiger partial charge in [-0.2, -0.15) is 0 Å². The molecule has 0 amide bonds. The van der Waals surface area contributed by atoms with Gasteiger partial charge in [0.25, 0.3) is 0 Å². The van der Waals surface area contributed by atoms with Crippen molar-refractivity contribution in [1.82, 2.24) is 0 Å². The Hall–Kier alpha value is -1.33. The minimum atomic E-state index is -1.84. The third kappa shape index (κ3) is 1.69. The van der Waals surface area contributed by atoms with Crippen molar-refractivity contribution in [3.63, 3.8) is 0 Å². The number of aliphatic hydroxyl groups excluding tert-OH is 1. The normalized spacial score (nSPS) is 56.3. The average molecular weight is 374 g/mol. The predicted molar refractivity (Wildman–Crippen MR) is 96.6 cm³/mol. The van der Waals surface area contributed by atoms with Gasteiger partial charge in [-0.3, -0.25) is 9.59 Å². The Morgan fingerprint density at radius 3 is 2.63 bits per heavy atom. The number of hydrogen-bond donors (Lipinski definition) is 1. The summed E-state index contributed by atoms with van der Waals surface area (Å²) >= 11 is 0. The molecule has 5 rings (SSSR count). The quantitative estimate of drug-likeness (QED) is 0.708. The van der Waals surface area contributed by atoms with Gasteiger partial charge in [0.05, 0.1) is 6.10 Å². The zero-order chi connectivity index (χ0) is 19.4. The van der Waals surface area contributed by atoms with Gasteiger partial charge >= 0.3 is 0 Å². The molecule has 0 aromatic heterocycles. The highest BCUT2D eigenvalue weighted by molar-refractivity contribution is 6.01. The van der Waals surface area contributed by atoms with Gasteiger partial charge in [0.2, 0.25) is 0 Å². The van der Waals surface area contributed by atoms with E-state index in [0.717, 1.165) is 12.0 Å². The van der Waals surface area contributed by atoms with E-state index in [4.69, 9.17) is 4.74 Å². The van der Waals surface area contributed by atoms with Crippen LogP contribution >= 0.6 is 0 Å². The minimum Gasteiger partial charge on any atom is -0.390 e. The van der Waals surface area contributed by atoms with Gasteiger partial charge in [-0.1, -0.05) is 25.5 Å². The van der Waals surface area contributed by atoms with Crippen LogP contribution < -0.4 is 0 Å². The molecule has 4 aliphatic carbocycles. The Labute approximate surface area is 158 Å². The van der Waals surface area contributed by atoms with E-state index < -0.39 is 28.2 Å². The van der Waals surface area contributed by atoms with E-state index in [9.17, 15) is 14.7 Å². The molecular weight excluding hydrogens is 347 g/mol. The molecule has 0 bridgehead atoms. The number of hydrogen-bond acceptors (Lipinski definition) is 4. The number of carbonyl (C=O) groups is 2. The molecule has 5 heteroatoms. The third-order valence-corrected chi connectivity index (χ3v) is 9.03. The van der Waals surface area contributed by atoms with Gasteiger partial charge in [-0.05, 0) is 56.6 Å². The van der Waals surface area contributed by atoms with Crippen molar-refractivity contribution >= 4 is 11.6 Å². The van der Waals surface area contributed by atoms with E-state index >= 15 is 4.39 Å². The first-order valence-electron chi connectivity index (χ1n) is 10.1. The van der Waals surface area contributed by atoms with E-state index in [-0.39, 0.29) is 42.3 Å². The number of Topliss-reactive ketones (excluding diaryl/α,β-unsaturated/α-hetero) is 1. The maximum atomic E-state index is 16.9. The van der Waals surface area contributed by atoms with Crippen LogP contribution in [0, 0.1) is 28.6 Å². The number of carbonyl (C=O) groups excluding carboxylic acids is 2. The average Bonchev–Trinajstić information content (AvgIpc) is 2.84. The van der Waals surface area contributed by atoms with Crippen molar-refractivity contribution < 1.29 is 23.8 Å². The smallest absolute Gasteiger partial charge is 0.191 e. The predicted octanol–water partition coefficient (Wildman–Crippen LogP) is 2.94. The first-order valence-corrected chi connectivity index (χ1v) is 10.1. The van der Waals surface area contributed by atoms with E-state index in [2.05, 4.69) is 0 Å². The van der Waals surface area contributed by atoms with Crippen molar-refractivity contribution in [2.24, 2.45) is 28.6 Å². The van der Waals surface area contributed by atoms with Crippen molar-refractivity contribution in [2.45, 2.75) is 63.8 Å². The number of aliphatic hydroxyl groups is 1. The fourth-order valence-electron chi connectivity index (χ4n) is 7.72. The zero-order valence-corrected chi connectivity index (χ0v) is 16.1. The largest absolute Gasteiger partial charge is 0.390 e. The second-order valence-electron chi connectivity index (χ2n) is 9.85. The highest BCUT2D eigenvalue weighted by atomic mass is 19.1. The lowest BCUT2D eigenvalue weighted by molar-refractivity contribution is -0.250. The topological polar surface area (TPSA) is 63.6 Å². The molecule has 1 heterocycles. The van der Waals surface area contributed by atoms with Crippen molar-refractivity contribution in [3.05, 3.63) is 23.8 Å². The number of ketones is 2. The first-order chi connectivity index (χ1) is 12.6. The van der Waals surface area contributed by atoms with Crippen molar-refractivity contribution in [3.8, 4) is 0 Å². The molecule has 1 saturated heterocycles. The molecule has 1 N–H and O–H groups in total. The van der Waals surface area contributed by atoms with Crippen molar-refractivity contribution in [2.75, 3.05) is 6.61 Å². The zero-order valence-electron chi connectivity index (χ0n) is 16.1.